The molecule has 0 saturated carbocycles. The highest BCUT2D eigenvalue weighted by Crippen LogP contribution is 2.21. The smallest absolute Gasteiger partial charge is 0.208 e. The van der Waals surface area contributed by atoms with Crippen LogP contribution in [0.15, 0.2) is 29.4 Å². The largest absolute Gasteiger partial charge is 0.300 e. The number of benzene rings is 1. The van der Waals surface area contributed by atoms with Crippen LogP contribution in [0.3, 0.4) is 0 Å². The SMILES string of the molecule is CC(=O)CCCSc1n[nH]c(-c2ccc(Cl)cc2)n1. The summed E-state index contributed by atoms with van der Waals surface area (Å²) in [5.41, 5.74) is 0.951. The average Bonchev–Trinajstić information content (AvgIpc) is 2.84. The Kier molecular flexibility index (Phi) is 4.99. The molecule has 1 N–H and O–H groups in total. The van der Waals surface area contributed by atoms with Crippen LogP contribution in [0.5, 0.6) is 0 Å². The third kappa shape index (κ3) is 4.36. The predicted octanol–water partition coefficient (Wildman–Crippen LogP) is 3.59. The molecule has 4 nitrogen and oxygen atoms in total. The van der Waals surface area contributed by atoms with E-state index in [4.69, 9.17) is 11.6 Å². The Morgan fingerprint density at radius 2 is 2.11 bits per heavy atom. The van der Waals surface area contributed by atoms with Gasteiger partial charge in [0.1, 0.15) is 5.78 Å². The number of nitrogens with zero attached hydrogens (tertiary/aromatic N) is 2. The molecule has 19 heavy (non-hydrogen) atoms. The van der Waals surface area contributed by atoms with Gasteiger partial charge in [-0.2, -0.15) is 0 Å². The molecule has 0 amide bonds. The number of H-pyrrole nitrogens is 1. The molecule has 0 aliphatic rings. The minimum absolute atomic E-state index is 0.220. The van der Waals surface area contributed by atoms with Gasteiger partial charge in [0.25, 0.3) is 0 Å². The zero-order valence-electron chi connectivity index (χ0n) is 10.5. The second-order valence-electron chi connectivity index (χ2n) is 4.13. The van der Waals surface area contributed by atoms with Crippen molar-refractivity contribution in [1.82, 2.24) is 15.2 Å². The van der Waals surface area contributed by atoms with Crippen molar-refractivity contribution < 1.29 is 4.79 Å². The molecule has 0 aliphatic carbocycles. The highest BCUT2D eigenvalue weighted by molar-refractivity contribution is 7.99. The van der Waals surface area contributed by atoms with E-state index in [1.807, 2.05) is 24.3 Å². The second-order valence-corrected chi connectivity index (χ2v) is 5.63. The van der Waals surface area contributed by atoms with Crippen molar-refractivity contribution in [2.45, 2.75) is 24.9 Å². The average molecular weight is 296 g/mol. The lowest BCUT2D eigenvalue weighted by molar-refractivity contribution is -0.117. The summed E-state index contributed by atoms with van der Waals surface area (Å²) in [6, 6.07) is 7.43. The molecule has 0 unspecified atom stereocenters. The normalized spacial score (nSPS) is 10.6. The van der Waals surface area contributed by atoms with Crippen LogP contribution in [0, 0.1) is 0 Å². The molecule has 0 spiro atoms. The van der Waals surface area contributed by atoms with Gasteiger partial charge in [0.05, 0.1) is 0 Å². The quantitative estimate of drug-likeness (QED) is 0.653. The van der Waals surface area contributed by atoms with Crippen LogP contribution in [0.4, 0.5) is 0 Å². The van der Waals surface area contributed by atoms with E-state index in [9.17, 15) is 4.79 Å². The van der Waals surface area contributed by atoms with Crippen molar-refractivity contribution >= 4 is 29.1 Å². The van der Waals surface area contributed by atoms with Crippen LogP contribution in [0.25, 0.3) is 11.4 Å². The number of Topliss-reactive ketones (excluding diaryl/α,β-unsaturated/α-hetero) is 1. The summed E-state index contributed by atoms with van der Waals surface area (Å²) in [5, 5.41) is 8.44. The number of carbonyl (C=O) groups excluding carboxylic acids is 1. The first-order valence-corrected chi connectivity index (χ1v) is 7.32. The minimum Gasteiger partial charge on any atom is -0.300 e. The van der Waals surface area contributed by atoms with E-state index in [1.54, 1.807) is 18.7 Å². The van der Waals surface area contributed by atoms with E-state index in [0.717, 1.165) is 23.6 Å². The topological polar surface area (TPSA) is 58.6 Å². The Bertz CT molecular complexity index is 553. The van der Waals surface area contributed by atoms with Crippen molar-refractivity contribution in [3.05, 3.63) is 29.3 Å². The molecule has 2 aromatic rings. The third-order valence-corrected chi connectivity index (χ3v) is 3.67. The first-order chi connectivity index (χ1) is 9.15. The van der Waals surface area contributed by atoms with Gasteiger partial charge in [0.15, 0.2) is 5.82 Å². The number of nitrogens with one attached hydrogen (secondary N) is 1. The molecule has 0 fully saturated rings. The van der Waals surface area contributed by atoms with Crippen molar-refractivity contribution in [3.8, 4) is 11.4 Å². The fourth-order valence-corrected chi connectivity index (χ4v) is 2.40. The molecule has 0 bridgehead atoms. The molecule has 0 aliphatic heterocycles. The first-order valence-electron chi connectivity index (χ1n) is 5.96. The summed E-state index contributed by atoms with van der Waals surface area (Å²) in [6.45, 7) is 1.61. The number of ketones is 1. The third-order valence-electron chi connectivity index (χ3n) is 2.49. The number of halogens is 1. The molecule has 0 radical (unpaired) electrons. The lowest BCUT2D eigenvalue weighted by atomic mass is 10.2. The van der Waals surface area contributed by atoms with Crippen molar-refractivity contribution in [2.24, 2.45) is 0 Å². The summed E-state index contributed by atoms with van der Waals surface area (Å²) < 4.78 is 0. The fourth-order valence-electron chi connectivity index (χ4n) is 1.53. The van der Waals surface area contributed by atoms with E-state index >= 15 is 0 Å². The molecule has 6 heteroatoms. The van der Waals surface area contributed by atoms with Gasteiger partial charge in [-0.3, -0.25) is 5.10 Å². The predicted molar refractivity (Wildman–Crippen MR) is 77.5 cm³/mol. The van der Waals surface area contributed by atoms with E-state index in [-0.39, 0.29) is 5.78 Å². The molecule has 1 aromatic heterocycles. The number of aromatic nitrogens is 3. The Hall–Kier alpha value is -1.33. The first kappa shape index (κ1) is 14.1. The number of rotatable bonds is 6. The van der Waals surface area contributed by atoms with Gasteiger partial charge in [-0.05, 0) is 37.6 Å². The summed E-state index contributed by atoms with van der Waals surface area (Å²) in [4.78, 5) is 15.2. The van der Waals surface area contributed by atoms with Crippen LogP contribution in [-0.4, -0.2) is 26.7 Å². The molecule has 1 aromatic carbocycles. The van der Waals surface area contributed by atoms with Crippen LogP contribution >= 0.6 is 23.4 Å². The number of hydrogen-bond acceptors (Lipinski definition) is 4. The van der Waals surface area contributed by atoms with Gasteiger partial charge in [-0.15, -0.1) is 5.10 Å². The van der Waals surface area contributed by atoms with Gasteiger partial charge >= 0.3 is 0 Å². The number of carbonyl (C=O) groups is 1. The van der Waals surface area contributed by atoms with E-state index in [0.29, 0.717) is 16.6 Å². The Labute approximate surface area is 121 Å². The molecular weight excluding hydrogens is 282 g/mol. The number of thioether (sulfide) groups is 1. The maximum absolute atomic E-state index is 10.8. The van der Waals surface area contributed by atoms with Gasteiger partial charge < -0.3 is 4.79 Å². The van der Waals surface area contributed by atoms with Crippen molar-refractivity contribution in [3.63, 3.8) is 0 Å². The molecular formula is C13H14ClN3OS. The van der Waals surface area contributed by atoms with Crippen LogP contribution in [0.2, 0.25) is 5.02 Å². The zero-order valence-corrected chi connectivity index (χ0v) is 12.1. The Balaban J connectivity index is 1.91. The maximum atomic E-state index is 10.8. The van der Waals surface area contributed by atoms with Crippen molar-refractivity contribution in [2.75, 3.05) is 5.75 Å². The van der Waals surface area contributed by atoms with Crippen LogP contribution in [-0.2, 0) is 4.79 Å². The fraction of sp³-hybridized carbons (Fsp3) is 0.308. The molecule has 2 rings (SSSR count). The highest BCUT2D eigenvalue weighted by Gasteiger charge is 2.06. The lowest BCUT2D eigenvalue weighted by Crippen LogP contribution is -1.91. The van der Waals surface area contributed by atoms with Gasteiger partial charge in [-0.1, -0.05) is 23.4 Å². The molecule has 0 atom stereocenters. The second kappa shape index (κ2) is 6.73. The minimum atomic E-state index is 0.220. The highest BCUT2D eigenvalue weighted by atomic mass is 35.5. The molecule has 0 saturated heterocycles. The Morgan fingerprint density at radius 1 is 1.37 bits per heavy atom. The van der Waals surface area contributed by atoms with E-state index in [2.05, 4.69) is 15.2 Å². The lowest BCUT2D eigenvalue weighted by Gasteiger charge is -1.96. The van der Waals surface area contributed by atoms with E-state index < -0.39 is 0 Å². The van der Waals surface area contributed by atoms with Crippen LogP contribution < -0.4 is 0 Å². The summed E-state index contributed by atoms with van der Waals surface area (Å²) in [7, 11) is 0. The van der Waals surface area contributed by atoms with Gasteiger partial charge in [-0.25, -0.2) is 4.98 Å². The van der Waals surface area contributed by atoms with Gasteiger partial charge in [0, 0.05) is 22.8 Å². The standard InChI is InChI=1S/C13H14ClN3OS/c1-9(18)3-2-8-19-13-15-12(16-17-13)10-4-6-11(14)7-5-10/h4-7H,2-3,8H2,1H3,(H,15,16,17). The maximum Gasteiger partial charge on any atom is 0.208 e. The number of aromatic amines is 1. The monoisotopic (exact) mass is 295 g/mol. The zero-order chi connectivity index (χ0) is 13.7. The van der Waals surface area contributed by atoms with E-state index in [1.165, 1.54) is 0 Å². The molecule has 1 heterocycles. The van der Waals surface area contributed by atoms with Crippen LogP contribution in [0.1, 0.15) is 19.8 Å². The number of hydrogen-bond donors (Lipinski definition) is 1. The molecule has 100 valence electrons. The summed E-state index contributed by atoms with van der Waals surface area (Å²) >= 11 is 7.39. The summed E-state index contributed by atoms with van der Waals surface area (Å²) in [6.07, 6.45) is 1.46. The summed E-state index contributed by atoms with van der Waals surface area (Å²) in [5.74, 6) is 1.79. The van der Waals surface area contributed by atoms with Crippen molar-refractivity contribution in [1.29, 1.82) is 0 Å². The Morgan fingerprint density at radius 3 is 2.79 bits per heavy atom. The van der Waals surface area contributed by atoms with Gasteiger partial charge in [0.2, 0.25) is 5.16 Å².